The first-order valence-electron chi connectivity index (χ1n) is 3.16. The van der Waals surface area contributed by atoms with E-state index >= 15 is 0 Å². The molecule has 0 spiro atoms. The van der Waals surface area contributed by atoms with Crippen molar-refractivity contribution in [3.63, 3.8) is 0 Å². The summed E-state index contributed by atoms with van der Waals surface area (Å²) in [6.45, 7) is 0. The lowest BCUT2D eigenvalue weighted by molar-refractivity contribution is -0.132. The van der Waals surface area contributed by atoms with Crippen LogP contribution < -0.4 is 5.32 Å². The normalized spacial score (nSPS) is 30.5. The van der Waals surface area contributed by atoms with Gasteiger partial charge in [0, 0.05) is 6.04 Å². The van der Waals surface area contributed by atoms with E-state index in [4.69, 9.17) is 5.11 Å². The average molecular weight is 143 g/mol. The topological polar surface area (TPSA) is 66.4 Å². The molecule has 1 saturated carbocycles. The fraction of sp³-hybridized carbons (Fsp3) is 0.667. The fourth-order valence-electron chi connectivity index (χ4n) is 0.941. The van der Waals surface area contributed by atoms with Crippen molar-refractivity contribution in [3.8, 4) is 0 Å². The van der Waals surface area contributed by atoms with Crippen LogP contribution in [-0.4, -0.2) is 29.4 Å². The molecule has 1 fully saturated rings. The summed E-state index contributed by atoms with van der Waals surface area (Å²) in [4.78, 5) is 20.1. The third-order valence-corrected chi connectivity index (χ3v) is 1.57. The molecule has 0 heterocycles. The number of aldehydes is 1. The van der Waals surface area contributed by atoms with Gasteiger partial charge in [-0.1, -0.05) is 0 Å². The standard InChI is InChI=1S/C6H9NO3/c8-3-6(10)7-4-1-5(9)2-4/h3-5,9H,1-2H2,(H,7,10)/t4-,5-. The van der Waals surface area contributed by atoms with Gasteiger partial charge in [-0.05, 0) is 12.8 Å². The van der Waals surface area contributed by atoms with E-state index in [1.807, 2.05) is 0 Å². The molecule has 0 aliphatic heterocycles. The predicted molar refractivity (Wildman–Crippen MR) is 33.2 cm³/mol. The molecule has 1 amide bonds. The fourth-order valence-corrected chi connectivity index (χ4v) is 0.941. The number of carbonyl (C=O) groups is 2. The van der Waals surface area contributed by atoms with Crippen molar-refractivity contribution in [3.05, 3.63) is 0 Å². The number of hydrogen-bond donors (Lipinski definition) is 2. The monoisotopic (exact) mass is 143 g/mol. The Hall–Kier alpha value is -0.900. The molecule has 1 rings (SSSR count). The van der Waals surface area contributed by atoms with Crippen molar-refractivity contribution in [2.45, 2.75) is 25.0 Å². The zero-order valence-corrected chi connectivity index (χ0v) is 5.41. The van der Waals surface area contributed by atoms with E-state index in [-0.39, 0.29) is 18.4 Å². The predicted octanol–water partition coefficient (Wildman–Crippen LogP) is -1.18. The number of aliphatic hydroxyl groups is 1. The number of nitrogens with one attached hydrogen (secondary N) is 1. The first-order valence-corrected chi connectivity index (χ1v) is 3.16. The Morgan fingerprint density at radius 3 is 2.60 bits per heavy atom. The molecule has 0 aromatic carbocycles. The number of aliphatic hydroxyl groups excluding tert-OH is 1. The molecule has 0 aromatic heterocycles. The second-order valence-electron chi connectivity index (χ2n) is 2.45. The van der Waals surface area contributed by atoms with Gasteiger partial charge in [-0.25, -0.2) is 0 Å². The van der Waals surface area contributed by atoms with E-state index in [1.54, 1.807) is 0 Å². The van der Waals surface area contributed by atoms with Gasteiger partial charge in [-0.3, -0.25) is 9.59 Å². The molecule has 56 valence electrons. The summed E-state index contributed by atoms with van der Waals surface area (Å²) in [5.41, 5.74) is 0. The Morgan fingerprint density at radius 2 is 2.20 bits per heavy atom. The average Bonchev–Trinajstić information content (AvgIpc) is 1.84. The van der Waals surface area contributed by atoms with Crippen LogP contribution in [-0.2, 0) is 9.59 Å². The van der Waals surface area contributed by atoms with Crippen molar-refractivity contribution in [1.82, 2.24) is 5.32 Å². The molecule has 1 aliphatic carbocycles. The van der Waals surface area contributed by atoms with Gasteiger partial charge in [0.15, 0.2) is 0 Å². The van der Waals surface area contributed by atoms with Gasteiger partial charge in [-0.2, -0.15) is 0 Å². The highest BCUT2D eigenvalue weighted by Gasteiger charge is 2.27. The summed E-state index contributed by atoms with van der Waals surface area (Å²) in [7, 11) is 0. The van der Waals surface area contributed by atoms with Crippen LogP contribution in [0.4, 0.5) is 0 Å². The van der Waals surface area contributed by atoms with Crippen molar-refractivity contribution < 1.29 is 14.7 Å². The smallest absolute Gasteiger partial charge is 0.284 e. The molecule has 0 radical (unpaired) electrons. The van der Waals surface area contributed by atoms with E-state index < -0.39 is 5.91 Å². The highest BCUT2D eigenvalue weighted by Crippen LogP contribution is 2.18. The van der Waals surface area contributed by atoms with Crippen LogP contribution in [0, 0.1) is 0 Å². The highest BCUT2D eigenvalue weighted by atomic mass is 16.3. The van der Waals surface area contributed by atoms with Gasteiger partial charge in [0.2, 0.25) is 6.29 Å². The van der Waals surface area contributed by atoms with Crippen molar-refractivity contribution in [2.24, 2.45) is 0 Å². The van der Waals surface area contributed by atoms with E-state index in [0.29, 0.717) is 12.8 Å². The van der Waals surface area contributed by atoms with Gasteiger partial charge in [0.05, 0.1) is 6.10 Å². The SMILES string of the molecule is O=CC(=O)N[C@H]1C[C@H](O)C1. The van der Waals surface area contributed by atoms with Crippen LogP contribution in [0.2, 0.25) is 0 Å². The number of rotatable bonds is 2. The molecular formula is C6H9NO3. The zero-order chi connectivity index (χ0) is 7.56. The lowest BCUT2D eigenvalue weighted by atomic mass is 9.89. The van der Waals surface area contributed by atoms with Crippen molar-refractivity contribution in [1.29, 1.82) is 0 Å². The lowest BCUT2D eigenvalue weighted by Crippen LogP contribution is -2.47. The minimum Gasteiger partial charge on any atom is -0.393 e. The van der Waals surface area contributed by atoms with Crippen LogP contribution in [0.5, 0.6) is 0 Å². The maximum absolute atomic E-state index is 10.4. The summed E-state index contributed by atoms with van der Waals surface area (Å²) in [5.74, 6) is -0.600. The summed E-state index contributed by atoms with van der Waals surface area (Å²) in [5, 5.41) is 11.2. The number of hydrogen-bond acceptors (Lipinski definition) is 3. The molecule has 2 N–H and O–H groups in total. The van der Waals surface area contributed by atoms with Crippen LogP contribution in [0.25, 0.3) is 0 Å². The Balaban J connectivity index is 2.16. The molecule has 0 bridgehead atoms. The molecule has 0 atom stereocenters. The van der Waals surface area contributed by atoms with E-state index in [9.17, 15) is 9.59 Å². The quantitative estimate of drug-likeness (QED) is 0.378. The largest absolute Gasteiger partial charge is 0.393 e. The van der Waals surface area contributed by atoms with E-state index in [2.05, 4.69) is 5.32 Å². The van der Waals surface area contributed by atoms with Gasteiger partial charge in [-0.15, -0.1) is 0 Å². The first-order chi connectivity index (χ1) is 4.72. The van der Waals surface area contributed by atoms with E-state index in [0.717, 1.165) is 0 Å². The summed E-state index contributed by atoms with van der Waals surface area (Å²) in [6.07, 6.45) is 1.08. The second kappa shape index (κ2) is 2.79. The maximum atomic E-state index is 10.4. The highest BCUT2D eigenvalue weighted by molar-refractivity contribution is 6.23. The second-order valence-corrected chi connectivity index (χ2v) is 2.45. The summed E-state index contributed by atoms with van der Waals surface area (Å²) in [6, 6.07) is 0.00713. The van der Waals surface area contributed by atoms with Gasteiger partial charge >= 0.3 is 0 Å². The molecular weight excluding hydrogens is 134 g/mol. The number of carbonyl (C=O) groups excluding carboxylic acids is 2. The molecule has 0 aromatic rings. The number of amides is 1. The molecule has 1 aliphatic rings. The van der Waals surface area contributed by atoms with Crippen LogP contribution in [0.15, 0.2) is 0 Å². The minimum absolute atomic E-state index is 0.00713. The molecule has 0 unspecified atom stereocenters. The third kappa shape index (κ3) is 1.54. The third-order valence-electron chi connectivity index (χ3n) is 1.57. The summed E-state index contributed by atoms with van der Waals surface area (Å²) >= 11 is 0. The minimum atomic E-state index is -0.600. The van der Waals surface area contributed by atoms with Gasteiger partial charge < -0.3 is 10.4 Å². The van der Waals surface area contributed by atoms with Crippen LogP contribution in [0.3, 0.4) is 0 Å². The Bertz CT molecular complexity index is 151. The molecule has 4 nitrogen and oxygen atoms in total. The van der Waals surface area contributed by atoms with Crippen molar-refractivity contribution >= 4 is 12.2 Å². The zero-order valence-electron chi connectivity index (χ0n) is 5.41. The summed E-state index contributed by atoms with van der Waals surface area (Å²) < 4.78 is 0. The Labute approximate surface area is 58.2 Å². The maximum Gasteiger partial charge on any atom is 0.284 e. The van der Waals surface area contributed by atoms with Gasteiger partial charge in [0.1, 0.15) is 0 Å². The molecule has 4 heteroatoms. The van der Waals surface area contributed by atoms with E-state index in [1.165, 1.54) is 0 Å². The van der Waals surface area contributed by atoms with Gasteiger partial charge in [0.25, 0.3) is 5.91 Å². The van der Waals surface area contributed by atoms with Crippen LogP contribution >= 0.6 is 0 Å². The molecule has 0 saturated heterocycles. The Kier molecular flexibility index (Phi) is 2.01. The van der Waals surface area contributed by atoms with Crippen LogP contribution in [0.1, 0.15) is 12.8 Å². The first kappa shape index (κ1) is 7.21. The molecule has 10 heavy (non-hydrogen) atoms. The van der Waals surface area contributed by atoms with Crippen molar-refractivity contribution in [2.75, 3.05) is 0 Å². The lowest BCUT2D eigenvalue weighted by Gasteiger charge is -2.31. The Morgan fingerprint density at radius 1 is 1.60 bits per heavy atom.